The van der Waals surface area contributed by atoms with Gasteiger partial charge in [0.25, 0.3) is 0 Å². The first-order valence-electron chi connectivity index (χ1n) is 8.28. The molecule has 21 heavy (non-hydrogen) atoms. The molecule has 0 aromatic carbocycles. The minimum absolute atomic E-state index is 0.335. The number of halogens is 2. The van der Waals surface area contributed by atoms with E-state index in [2.05, 4.69) is 30.7 Å². The molecular weight excluding hydrogens is 410 g/mol. The van der Waals surface area contributed by atoms with E-state index in [1.807, 2.05) is 6.20 Å². The summed E-state index contributed by atoms with van der Waals surface area (Å²) in [7, 11) is 0. The van der Waals surface area contributed by atoms with Crippen LogP contribution in [0, 0.1) is 0 Å². The van der Waals surface area contributed by atoms with E-state index in [1.54, 1.807) is 0 Å². The number of unbranched alkanes of at least 4 members (excludes halogenated alkanes) is 3. The zero-order valence-electron chi connectivity index (χ0n) is 13.6. The Morgan fingerprint density at radius 3 is 1.71 bits per heavy atom. The molecule has 0 aliphatic rings. The zero-order valence-corrected chi connectivity index (χ0v) is 18.0. The van der Waals surface area contributed by atoms with Crippen LogP contribution >= 0.6 is 23.2 Å². The normalized spacial score (nSPS) is 11.9. The Balaban J connectivity index is 3.12. The fourth-order valence-electron chi connectivity index (χ4n) is 2.91. The van der Waals surface area contributed by atoms with Crippen LogP contribution in [0.25, 0.3) is 0 Å². The van der Waals surface area contributed by atoms with E-state index < -0.39 is 18.4 Å². The molecule has 0 aliphatic heterocycles. The van der Waals surface area contributed by atoms with Crippen LogP contribution in [-0.4, -0.2) is 28.3 Å². The van der Waals surface area contributed by atoms with Crippen molar-refractivity contribution in [2.24, 2.45) is 0 Å². The van der Waals surface area contributed by atoms with E-state index in [-0.39, 0.29) is 0 Å². The molecule has 0 saturated heterocycles. The van der Waals surface area contributed by atoms with Crippen LogP contribution in [0.1, 0.15) is 59.3 Å². The molecule has 0 aliphatic carbocycles. The molecule has 1 aromatic rings. The minimum atomic E-state index is -2.49. The Morgan fingerprint density at radius 2 is 1.33 bits per heavy atom. The van der Waals surface area contributed by atoms with Crippen LogP contribution < -0.4 is 3.71 Å². The predicted molar refractivity (Wildman–Crippen MR) is 96.6 cm³/mol. The molecule has 0 unspecified atom stereocenters. The van der Waals surface area contributed by atoms with Gasteiger partial charge in [-0.3, -0.25) is 0 Å². The molecule has 120 valence electrons. The van der Waals surface area contributed by atoms with Gasteiger partial charge >= 0.3 is 144 Å². The van der Waals surface area contributed by atoms with Crippen LogP contribution in [0.4, 0.5) is 0 Å². The molecule has 0 fully saturated rings. The SMILES string of the molecule is CCC[CH2][Sn]([CH2]CCC)([CH2]CCC)[c]1cnc(Cl)c(Cl)n1. The summed E-state index contributed by atoms with van der Waals surface area (Å²) in [5, 5.41) is 0.724. The molecule has 0 radical (unpaired) electrons. The van der Waals surface area contributed by atoms with Gasteiger partial charge in [0.1, 0.15) is 0 Å². The average molecular weight is 438 g/mol. The summed E-state index contributed by atoms with van der Waals surface area (Å²) in [5.41, 5.74) is 0. The third kappa shape index (κ3) is 5.87. The van der Waals surface area contributed by atoms with Crippen LogP contribution in [0.5, 0.6) is 0 Å². The predicted octanol–water partition coefficient (Wildman–Crippen LogP) is 5.84. The van der Waals surface area contributed by atoms with Crippen LogP contribution in [0.2, 0.25) is 23.6 Å². The number of hydrogen-bond acceptors (Lipinski definition) is 2. The van der Waals surface area contributed by atoms with Crippen LogP contribution in [-0.2, 0) is 0 Å². The van der Waals surface area contributed by atoms with E-state index in [0.29, 0.717) is 10.3 Å². The second kappa shape index (κ2) is 10.3. The van der Waals surface area contributed by atoms with Crippen molar-refractivity contribution in [3.05, 3.63) is 16.5 Å². The molecule has 1 heterocycles. The Bertz CT molecular complexity index is 405. The van der Waals surface area contributed by atoms with E-state index in [0.717, 1.165) is 0 Å². The van der Waals surface area contributed by atoms with Crippen molar-refractivity contribution in [3.63, 3.8) is 0 Å². The first-order valence-corrected chi connectivity index (χ1v) is 16.5. The van der Waals surface area contributed by atoms with Crippen molar-refractivity contribution in [2.75, 3.05) is 0 Å². The van der Waals surface area contributed by atoms with Crippen LogP contribution in [0.15, 0.2) is 6.20 Å². The maximum atomic E-state index is 6.15. The summed E-state index contributed by atoms with van der Waals surface area (Å²) in [4.78, 5) is 8.96. The van der Waals surface area contributed by atoms with Crippen LogP contribution in [0.3, 0.4) is 0 Å². The third-order valence-electron chi connectivity index (χ3n) is 4.26. The number of rotatable bonds is 10. The van der Waals surface area contributed by atoms with Gasteiger partial charge in [0.05, 0.1) is 0 Å². The molecule has 0 amide bonds. The fourth-order valence-corrected chi connectivity index (χ4v) is 18.5. The number of hydrogen-bond donors (Lipinski definition) is 0. The molecule has 0 bridgehead atoms. The molecule has 1 rings (SSSR count). The Kier molecular flexibility index (Phi) is 9.54. The second-order valence-electron chi connectivity index (χ2n) is 5.93. The molecule has 5 heteroatoms. The summed E-state index contributed by atoms with van der Waals surface area (Å²) < 4.78 is 5.36. The van der Waals surface area contributed by atoms with Crippen molar-refractivity contribution >= 4 is 45.3 Å². The van der Waals surface area contributed by atoms with Gasteiger partial charge in [0, 0.05) is 0 Å². The standard InChI is InChI=1S/C4HCl2N2.3C4H9.Sn/c5-3-4(6)8-2-1-7-3;3*1-3-4-2;/h1H;3*1,3-4H2,2H3;. The van der Waals surface area contributed by atoms with E-state index in [9.17, 15) is 0 Å². The van der Waals surface area contributed by atoms with Crippen molar-refractivity contribution in [2.45, 2.75) is 72.6 Å². The van der Waals surface area contributed by atoms with Gasteiger partial charge in [-0.1, -0.05) is 0 Å². The van der Waals surface area contributed by atoms with E-state index in [1.165, 1.54) is 55.5 Å². The molecule has 0 saturated carbocycles. The monoisotopic (exact) mass is 438 g/mol. The molecule has 0 atom stereocenters. The third-order valence-corrected chi connectivity index (χ3v) is 19.9. The number of nitrogens with zero attached hydrogens (tertiary/aromatic N) is 2. The summed E-state index contributed by atoms with van der Waals surface area (Å²) >= 11 is 9.63. The van der Waals surface area contributed by atoms with E-state index in [4.69, 9.17) is 23.2 Å². The van der Waals surface area contributed by atoms with Crippen molar-refractivity contribution < 1.29 is 0 Å². The topological polar surface area (TPSA) is 25.8 Å². The Hall–Kier alpha value is 0.459. The molecular formula is C16H28Cl2N2Sn. The fraction of sp³-hybridized carbons (Fsp3) is 0.750. The quantitative estimate of drug-likeness (QED) is 0.430. The number of aromatic nitrogens is 2. The van der Waals surface area contributed by atoms with Gasteiger partial charge in [-0.05, 0) is 0 Å². The molecule has 0 N–H and O–H groups in total. The zero-order chi connectivity index (χ0) is 15.7. The Morgan fingerprint density at radius 1 is 0.857 bits per heavy atom. The van der Waals surface area contributed by atoms with Gasteiger partial charge in [-0.2, -0.15) is 0 Å². The second-order valence-corrected chi connectivity index (χ2v) is 19.7. The summed E-state index contributed by atoms with van der Waals surface area (Å²) in [5.74, 6) is 0. The maximum absolute atomic E-state index is 6.15. The molecule has 2 nitrogen and oxygen atoms in total. The van der Waals surface area contributed by atoms with Gasteiger partial charge in [0.15, 0.2) is 0 Å². The van der Waals surface area contributed by atoms with Gasteiger partial charge in [-0.25, -0.2) is 0 Å². The molecule has 1 aromatic heterocycles. The van der Waals surface area contributed by atoms with Crippen molar-refractivity contribution in [3.8, 4) is 0 Å². The first-order chi connectivity index (χ1) is 10.1. The van der Waals surface area contributed by atoms with E-state index >= 15 is 0 Å². The summed E-state index contributed by atoms with van der Waals surface area (Å²) in [6.07, 6.45) is 9.64. The summed E-state index contributed by atoms with van der Waals surface area (Å²) in [6.45, 7) is 6.82. The van der Waals surface area contributed by atoms with Crippen molar-refractivity contribution in [1.29, 1.82) is 0 Å². The molecule has 0 spiro atoms. The average Bonchev–Trinajstić information content (AvgIpc) is 2.50. The first kappa shape index (κ1) is 19.5. The van der Waals surface area contributed by atoms with Gasteiger partial charge in [0.2, 0.25) is 0 Å². The van der Waals surface area contributed by atoms with Crippen molar-refractivity contribution in [1.82, 2.24) is 9.97 Å². The Labute approximate surface area is 143 Å². The van der Waals surface area contributed by atoms with Gasteiger partial charge in [-0.15, -0.1) is 0 Å². The van der Waals surface area contributed by atoms with Gasteiger partial charge < -0.3 is 0 Å². The summed E-state index contributed by atoms with van der Waals surface area (Å²) in [6, 6.07) is 0.